The van der Waals surface area contributed by atoms with E-state index < -0.39 is 0 Å². The first-order valence-corrected chi connectivity index (χ1v) is 6.57. The highest BCUT2D eigenvalue weighted by Gasteiger charge is 2.06. The number of nitrogens with one attached hydrogen (secondary N) is 1. The first-order chi connectivity index (χ1) is 8.72. The van der Waals surface area contributed by atoms with E-state index in [0.29, 0.717) is 0 Å². The highest BCUT2D eigenvalue weighted by Crippen LogP contribution is 2.19. The van der Waals surface area contributed by atoms with Crippen molar-refractivity contribution in [3.05, 3.63) is 36.0 Å². The average molecular weight is 246 g/mol. The van der Waals surface area contributed by atoms with Crippen molar-refractivity contribution in [3.8, 4) is 0 Å². The fraction of sp³-hybridized carbons (Fsp3) is 0.467. The maximum atomic E-state index is 5.50. The second-order valence-corrected chi connectivity index (χ2v) is 4.68. The zero-order valence-electron chi connectivity index (χ0n) is 11.4. The summed E-state index contributed by atoms with van der Waals surface area (Å²) in [6.07, 6.45) is 2.47. The van der Waals surface area contributed by atoms with E-state index in [4.69, 9.17) is 4.74 Å². The van der Waals surface area contributed by atoms with Gasteiger partial charge in [-0.15, -0.1) is 0 Å². The molecule has 1 aromatic carbocycles. The zero-order valence-corrected chi connectivity index (χ0v) is 11.4. The Morgan fingerprint density at radius 3 is 2.89 bits per heavy atom. The van der Waals surface area contributed by atoms with Crippen LogP contribution in [0.15, 0.2) is 30.5 Å². The topological polar surface area (TPSA) is 26.2 Å². The molecule has 0 saturated carbocycles. The van der Waals surface area contributed by atoms with Crippen LogP contribution in [0.3, 0.4) is 0 Å². The SMILES string of the molecule is CCOC(C)CNCc1cn(C)c2ccccc12. The number of benzene rings is 1. The molecule has 1 atom stereocenters. The number of rotatable bonds is 6. The molecule has 1 heterocycles. The molecule has 3 heteroatoms. The predicted octanol–water partition coefficient (Wildman–Crippen LogP) is 2.69. The molecular formula is C15H22N2O. The number of para-hydroxylation sites is 1. The van der Waals surface area contributed by atoms with Gasteiger partial charge in [-0.3, -0.25) is 0 Å². The highest BCUT2D eigenvalue weighted by atomic mass is 16.5. The van der Waals surface area contributed by atoms with E-state index >= 15 is 0 Å². The molecule has 0 aliphatic carbocycles. The van der Waals surface area contributed by atoms with Crippen LogP contribution >= 0.6 is 0 Å². The molecule has 1 unspecified atom stereocenters. The lowest BCUT2D eigenvalue weighted by molar-refractivity contribution is 0.0759. The van der Waals surface area contributed by atoms with E-state index in [9.17, 15) is 0 Å². The molecule has 1 N–H and O–H groups in total. The Kier molecular flexibility index (Phi) is 4.39. The van der Waals surface area contributed by atoms with Crippen molar-refractivity contribution < 1.29 is 4.74 Å². The third kappa shape index (κ3) is 2.92. The first-order valence-electron chi connectivity index (χ1n) is 6.57. The normalized spacial score (nSPS) is 13.1. The molecule has 0 fully saturated rings. The summed E-state index contributed by atoms with van der Waals surface area (Å²) in [6.45, 7) is 6.67. The van der Waals surface area contributed by atoms with Gasteiger partial charge < -0.3 is 14.6 Å². The minimum Gasteiger partial charge on any atom is -0.377 e. The van der Waals surface area contributed by atoms with Crippen molar-refractivity contribution in [1.29, 1.82) is 0 Å². The van der Waals surface area contributed by atoms with Gasteiger partial charge in [0, 0.05) is 43.8 Å². The van der Waals surface area contributed by atoms with Crippen molar-refractivity contribution >= 4 is 10.9 Å². The van der Waals surface area contributed by atoms with Gasteiger partial charge in [0.15, 0.2) is 0 Å². The minimum atomic E-state index is 0.268. The molecule has 0 radical (unpaired) electrons. The molecule has 2 rings (SSSR count). The summed E-state index contributed by atoms with van der Waals surface area (Å²) >= 11 is 0. The number of aryl methyl sites for hydroxylation is 1. The van der Waals surface area contributed by atoms with Crippen LogP contribution in [0, 0.1) is 0 Å². The fourth-order valence-electron chi connectivity index (χ4n) is 2.32. The number of nitrogens with zero attached hydrogens (tertiary/aromatic N) is 1. The number of fused-ring (bicyclic) bond motifs is 1. The summed E-state index contributed by atoms with van der Waals surface area (Å²) in [5.41, 5.74) is 2.63. The Bertz CT molecular complexity index is 504. The smallest absolute Gasteiger partial charge is 0.0671 e. The predicted molar refractivity (Wildman–Crippen MR) is 75.7 cm³/mol. The molecular weight excluding hydrogens is 224 g/mol. The Labute approximate surface area is 109 Å². The van der Waals surface area contributed by atoms with Crippen LogP contribution in [0.25, 0.3) is 10.9 Å². The molecule has 0 bridgehead atoms. The largest absolute Gasteiger partial charge is 0.377 e. The van der Waals surface area contributed by atoms with Gasteiger partial charge in [-0.2, -0.15) is 0 Å². The Morgan fingerprint density at radius 1 is 1.33 bits per heavy atom. The van der Waals surface area contributed by atoms with Crippen molar-refractivity contribution in [2.75, 3.05) is 13.2 Å². The molecule has 18 heavy (non-hydrogen) atoms. The highest BCUT2D eigenvalue weighted by molar-refractivity contribution is 5.83. The summed E-state index contributed by atoms with van der Waals surface area (Å²) in [4.78, 5) is 0. The summed E-state index contributed by atoms with van der Waals surface area (Å²) in [5.74, 6) is 0. The molecule has 0 aliphatic heterocycles. The van der Waals surface area contributed by atoms with Gasteiger partial charge in [0.25, 0.3) is 0 Å². The van der Waals surface area contributed by atoms with E-state index in [-0.39, 0.29) is 6.10 Å². The molecule has 3 nitrogen and oxygen atoms in total. The van der Waals surface area contributed by atoms with Gasteiger partial charge in [-0.1, -0.05) is 18.2 Å². The summed E-state index contributed by atoms with van der Waals surface area (Å²) in [5, 5.41) is 4.78. The lowest BCUT2D eigenvalue weighted by Crippen LogP contribution is -2.26. The lowest BCUT2D eigenvalue weighted by Gasteiger charge is -2.12. The summed E-state index contributed by atoms with van der Waals surface area (Å²) in [6, 6.07) is 8.51. The van der Waals surface area contributed by atoms with Crippen molar-refractivity contribution in [1.82, 2.24) is 9.88 Å². The van der Waals surface area contributed by atoms with Gasteiger partial charge >= 0.3 is 0 Å². The number of ether oxygens (including phenoxy) is 1. The molecule has 1 aromatic heterocycles. The Hall–Kier alpha value is -1.32. The fourth-order valence-corrected chi connectivity index (χ4v) is 2.32. The summed E-state index contributed by atoms with van der Waals surface area (Å²) < 4.78 is 7.68. The maximum absolute atomic E-state index is 5.50. The van der Waals surface area contributed by atoms with Crippen LogP contribution in [0.1, 0.15) is 19.4 Å². The number of hydrogen-bond acceptors (Lipinski definition) is 2. The van der Waals surface area contributed by atoms with Gasteiger partial charge in [-0.25, -0.2) is 0 Å². The number of hydrogen-bond donors (Lipinski definition) is 1. The Balaban J connectivity index is 2.00. The number of aromatic nitrogens is 1. The second kappa shape index (κ2) is 6.03. The van der Waals surface area contributed by atoms with E-state index in [1.54, 1.807) is 0 Å². The van der Waals surface area contributed by atoms with E-state index in [2.05, 4.69) is 54.3 Å². The zero-order chi connectivity index (χ0) is 13.0. The maximum Gasteiger partial charge on any atom is 0.0671 e. The van der Waals surface area contributed by atoms with Crippen LogP contribution in [0.4, 0.5) is 0 Å². The Morgan fingerprint density at radius 2 is 2.11 bits per heavy atom. The van der Waals surface area contributed by atoms with Crippen LogP contribution in [-0.4, -0.2) is 23.8 Å². The second-order valence-electron chi connectivity index (χ2n) is 4.68. The summed E-state index contributed by atoms with van der Waals surface area (Å²) in [7, 11) is 2.09. The molecule has 0 saturated heterocycles. The van der Waals surface area contributed by atoms with Gasteiger partial charge in [0.1, 0.15) is 0 Å². The van der Waals surface area contributed by atoms with Crippen LogP contribution in [-0.2, 0) is 18.3 Å². The first kappa shape index (κ1) is 13.1. The van der Waals surface area contributed by atoms with Crippen molar-refractivity contribution in [2.24, 2.45) is 7.05 Å². The lowest BCUT2D eigenvalue weighted by atomic mass is 10.2. The van der Waals surface area contributed by atoms with E-state index in [0.717, 1.165) is 19.7 Å². The molecule has 0 amide bonds. The molecule has 0 aliphatic rings. The van der Waals surface area contributed by atoms with Crippen LogP contribution in [0.2, 0.25) is 0 Å². The van der Waals surface area contributed by atoms with E-state index in [1.807, 2.05) is 6.92 Å². The third-order valence-corrected chi connectivity index (χ3v) is 3.18. The quantitative estimate of drug-likeness (QED) is 0.848. The van der Waals surface area contributed by atoms with Crippen LogP contribution in [0.5, 0.6) is 0 Å². The van der Waals surface area contributed by atoms with Gasteiger partial charge in [0.2, 0.25) is 0 Å². The average Bonchev–Trinajstić information content (AvgIpc) is 2.68. The van der Waals surface area contributed by atoms with Crippen molar-refractivity contribution in [3.63, 3.8) is 0 Å². The molecule has 0 spiro atoms. The molecule has 98 valence electrons. The van der Waals surface area contributed by atoms with Gasteiger partial charge in [0.05, 0.1) is 6.10 Å². The standard InChI is InChI=1S/C15H22N2O/c1-4-18-12(2)9-16-10-13-11-17(3)15-8-6-5-7-14(13)15/h5-8,11-12,16H,4,9-10H2,1-3H3. The van der Waals surface area contributed by atoms with Crippen LogP contribution < -0.4 is 5.32 Å². The minimum absolute atomic E-state index is 0.268. The van der Waals surface area contributed by atoms with Crippen molar-refractivity contribution in [2.45, 2.75) is 26.5 Å². The van der Waals surface area contributed by atoms with Gasteiger partial charge in [-0.05, 0) is 25.5 Å². The van der Waals surface area contributed by atoms with E-state index in [1.165, 1.54) is 16.5 Å². The molecule has 2 aromatic rings. The third-order valence-electron chi connectivity index (χ3n) is 3.18. The monoisotopic (exact) mass is 246 g/mol.